The van der Waals surface area contributed by atoms with Gasteiger partial charge in [0.05, 0.1) is 7.11 Å². The average Bonchev–Trinajstić information content (AvgIpc) is 2.42. The Morgan fingerprint density at radius 3 is 2.83 bits per heavy atom. The van der Waals surface area contributed by atoms with Crippen LogP contribution in [0.2, 0.25) is 0 Å². The predicted octanol–water partition coefficient (Wildman–Crippen LogP) is 0.962. The predicted molar refractivity (Wildman–Crippen MR) is 65.2 cm³/mol. The first-order valence-electron chi connectivity index (χ1n) is 5.47. The van der Waals surface area contributed by atoms with E-state index in [1.165, 1.54) is 7.11 Å². The molecule has 6 nitrogen and oxygen atoms in total. The third-order valence-corrected chi connectivity index (χ3v) is 2.25. The Labute approximate surface area is 105 Å². The Kier molecular flexibility index (Phi) is 5.50. The Morgan fingerprint density at radius 1 is 1.50 bits per heavy atom. The number of carbonyl (C=O) groups excluding carboxylic acids is 2. The molecule has 0 saturated heterocycles. The Balaban J connectivity index is 2.39. The number of hydrogen-bond donors (Lipinski definition) is 2. The highest BCUT2D eigenvalue weighted by Gasteiger charge is 2.13. The summed E-state index contributed by atoms with van der Waals surface area (Å²) in [4.78, 5) is 22.5. The minimum atomic E-state index is -0.753. The van der Waals surface area contributed by atoms with Gasteiger partial charge in [-0.3, -0.25) is 5.32 Å². The molecule has 0 bridgehead atoms. The van der Waals surface area contributed by atoms with Crippen LogP contribution in [0, 0.1) is 0 Å². The normalized spacial score (nSPS) is 14.7. The molecule has 0 saturated carbocycles. The molecule has 1 rings (SSSR count). The first-order chi connectivity index (χ1) is 8.67. The lowest BCUT2D eigenvalue weighted by Crippen LogP contribution is -2.30. The Morgan fingerprint density at radius 2 is 2.28 bits per heavy atom. The molecular weight excluding hydrogens is 236 g/mol. The summed E-state index contributed by atoms with van der Waals surface area (Å²) in [5, 5.41) is 2.21. The van der Waals surface area contributed by atoms with Crippen LogP contribution < -0.4 is 11.1 Å². The van der Waals surface area contributed by atoms with Crippen LogP contribution in [0.15, 0.2) is 35.7 Å². The fourth-order valence-electron chi connectivity index (χ4n) is 1.34. The number of alkyl carbamates (subject to hydrolysis) is 1. The zero-order valence-electron chi connectivity index (χ0n) is 10.1. The zero-order valence-corrected chi connectivity index (χ0v) is 10.1. The minimum absolute atomic E-state index is 0.154. The van der Waals surface area contributed by atoms with E-state index < -0.39 is 12.1 Å². The highest BCUT2D eigenvalue weighted by Crippen LogP contribution is 2.09. The number of carbonyl (C=O) groups is 2. The standard InChI is InChI=1S/C12H16N2O4/c1-17-11(15)10(7-13)14-12(16)18-8-9-5-3-2-4-6-9/h3,5-7H,2,4,8,13H2,1H3,(H,14,16)/b10-7+. The van der Waals surface area contributed by atoms with Crippen molar-refractivity contribution in [1.29, 1.82) is 0 Å². The maximum atomic E-state index is 11.4. The van der Waals surface area contributed by atoms with Crippen LogP contribution in [0.25, 0.3) is 0 Å². The fraction of sp³-hybridized carbons (Fsp3) is 0.333. The van der Waals surface area contributed by atoms with E-state index in [2.05, 4.69) is 10.1 Å². The van der Waals surface area contributed by atoms with Crippen molar-refractivity contribution in [3.63, 3.8) is 0 Å². The second-order valence-corrected chi connectivity index (χ2v) is 3.53. The van der Waals surface area contributed by atoms with Gasteiger partial charge in [-0.25, -0.2) is 9.59 Å². The van der Waals surface area contributed by atoms with E-state index in [0.29, 0.717) is 0 Å². The summed E-state index contributed by atoms with van der Waals surface area (Å²) < 4.78 is 9.35. The van der Waals surface area contributed by atoms with Crippen molar-refractivity contribution in [2.24, 2.45) is 5.73 Å². The van der Waals surface area contributed by atoms with Crippen molar-refractivity contribution in [2.45, 2.75) is 12.8 Å². The Bertz CT molecular complexity index is 410. The van der Waals surface area contributed by atoms with Gasteiger partial charge < -0.3 is 15.2 Å². The number of allylic oxidation sites excluding steroid dienone is 2. The minimum Gasteiger partial charge on any atom is -0.464 e. The molecular formula is C12H16N2O4. The van der Waals surface area contributed by atoms with E-state index in [1.54, 1.807) is 0 Å². The lowest BCUT2D eigenvalue weighted by molar-refractivity contribution is -0.136. The number of amides is 1. The smallest absolute Gasteiger partial charge is 0.412 e. The van der Waals surface area contributed by atoms with Gasteiger partial charge in [0.2, 0.25) is 0 Å². The number of methoxy groups -OCH3 is 1. The summed E-state index contributed by atoms with van der Waals surface area (Å²) in [5.41, 5.74) is 5.95. The monoisotopic (exact) mass is 252 g/mol. The molecule has 18 heavy (non-hydrogen) atoms. The lowest BCUT2D eigenvalue weighted by atomic mass is 10.1. The highest BCUT2D eigenvalue weighted by molar-refractivity contribution is 5.91. The van der Waals surface area contributed by atoms with E-state index in [4.69, 9.17) is 10.5 Å². The van der Waals surface area contributed by atoms with Gasteiger partial charge in [0.15, 0.2) is 0 Å². The second-order valence-electron chi connectivity index (χ2n) is 3.53. The number of esters is 1. The number of nitrogens with one attached hydrogen (secondary N) is 1. The molecule has 0 aromatic carbocycles. The topological polar surface area (TPSA) is 90.6 Å². The number of rotatable bonds is 4. The lowest BCUT2D eigenvalue weighted by Gasteiger charge is -2.10. The molecule has 1 amide bonds. The zero-order chi connectivity index (χ0) is 13.4. The van der Waals surface area contributed by atoms with Crippen molar-refractivity contribution < 1.29 is 19.1 Å². The van der Waals surface area contributed by atoms with Gasteiger partial charge in [-0.2, -0.15) is 0 Å². The molecule has 0 unspecified atom stereocenters. The molecule has 0 heterocycles. The molecule has 0 fully saturated rings. The van der Waals surface area contributed by atoms with Crippen LogP contribution in [0.1, 0.15) is 12.8 Å². The number of nitrogens with two attached hydrogens (primary N) is 1. The van der Waals surface area contributed by atoms with Crippen LogP contribution in [-0.2, 0) is 14.3 Å². The molecule has 0 radical (unpaired) electrons. The molecule has 98 valence electrons. The van der Waals surface area contributed by atoms with E-state index in [-0.39, 0.29) is 12.3 Å². The molecule has 6 heteroatoms. The largest absolute Gasteiger partial charge is 0.464 e. The van der Waals surface area contributed by atoms with Gasteiger partial charge in [0.25, 0.3) is 0 Å². The SMILES string of the molecule is COC(=O)/C(=C\N)NC(=O)OCC1=CCCC=C1. The summed E-state index contributed by atoms with van der Waals surface area (Å²) in [6.07, 6.45) is 8.04. The van der Waals surface area contributed by atoms with Crippen LogP contribution >= 0.6 is 0 Å². The molecule has 3 N–H and O–H groups in total. The van der Waals surface area contributed by atoms with E-state index in [0.717, 1.165) is 24.6 Å². The molecule has 1 aliphatic carbocycles. The summed E-state index contributed by atoms with van der Waals surface area (Å²) in [6, 6.07) is 0. The van der Waals surface area contributed by atoms with E-state index >= 15 is 0 Å². The third kappa shape index (κ3) is 4.32. The molecule has 0 aliphatic heterocycles. The van der Waals surface area contributed by atoms with Crippen molar-refractivity contribution in [1.82, 2.24) is 5.32 Å². The maximum Gasteiger partial charge on any atom is 0.412 e. The van der Waals surface area contributed by atoms with Crippen molar-refractivity contribution in [3.05, 3.63) is 35.7 Å². The third-order valence-electron chi connectivity index (χ3n) is 2.25. The number of ether oxygens (including phenoxy) is 2. The maximum absolute atomic E-state index is 11.4. The van der Waals surface area contributed by atoms with Crippen LogP contribution in [0.3, 0.4) is 0 Å². The quantitative estimate of drug-likeness (QED) is 0.574. The fourth-order valence-corrected chi connectivity index (χ4v) is 1.34. The average molecular weight is 252 g/mol. The highest BCUT2D eigenvalue weighted by atomic mass is 16.6. The van der Waals surface area contributed by atoms with Crippen molar-refractivity contribution >= 4 is 12.1 Å². The molecule has 0 spiro atoms. The first kappa shape index (κ1) is 13.8. The summed E-state index contributed by atoms with van der Waals surface area (Å²) in [6.45, 7) is 0.154. The van der Waals surface area contributed by atoms with Crippen LogP contribution in [0.4, 0.5) is 4.79 Å². The van der Waals surface area contributed by atoms with Gasteiger partial charge in [-0.05, 0) is 18.4 Å². The summed E-state index contributed by atoms with van der Waals surface area (Å²) in [5.74, 6) is -0.730. The Hall–Kier alpha value is -2.24. The summed E-state index contributed by atoms with van der Waals surface area (Å²) >= 11 is 0. The van der Waals surface area contributed by atoms with Gasteiger partial charge >= 0.3 is 12.1 Å². The van der Waals surface area contributed by atoms with E-state index in [1.807, 2.05) is 18.2 Å². The van der Waals surface area contributed by atoms with Crippen LogP contribution in [0.5, 0.6) is 0 Å². The summed E-state index contributed by atoms with van der Waals surface area (Å²) in [7, 11) is 1.19. The van der Waals surface area contributed by atoms with Gasteiger partial charge in [0, 0.05) is 6.20 Å². The van der Waals surface area contributed by atoms with Crippen molar-refractivity contribution in [3.8, 4) is 0 Å². The molecule has 0 aromatic rings. The molecule has 0 atom stereocenters. The van der Waals surface area contributed by atoms with Gasteiger partial charge in [-0.1, -0.05) is 18.2 Å². The van der Waals surface area contributed by atoms with Crippen LogP contribution in [-0.4, -0.2) is 25.8 Å². The van der Waals surface area contributed by atoms with Crippen molar-refractivity contribution in [2.75, 3.05) is 13.7 Å². The number of hydrogen-bond acceptors (Lipinski definition) is 5. The first-order valence-corrected chi connectivity index (χ1v) is 5.47. The van der Waals surface area contributed by atoms with Gasteiger partial charge in [0.1, 0.15) is 12.3 Å². The molecule has 0 aromatic heterocycles. The van der Waals surface area contributed by atoms with E-state index in [9.17, 15) is 9.59 Å². The second kappa shape index (κ2) is 7.16. The molecule has 1 aliphatic rings. The van der Waals surface area contributed by atoms with Gasteiger partial charge in [-0.15, -0.1) is 0 Å².